The summed E-state index contributed by atoms with van der Waals surface area (Å²) < 4.78 is 7.08. The number of pyridine rings is 1. The van der Waals surface area contributed by atoms with Crippen LogP contribution in [0.5, 0.6) is 0 Å². The molecule has 4 rings (SSSR count). The molecule has 4 atom stereocenters. The van der Waals surface area contributed by atoms with Crippen molar-refractivity contribution in [2.75, 3.05) is 18.5 Å². The van der Waals surface area contributed by atoms with E-state index in [2.05, 4.69) is 25.3 Å². The van der Waals surface area contributed by atoms with Crippen LogP contribution in [-0.4, -0.2) is 71.3 Å². The van der Waals surface area contributed by atoms with E-state index in [-0.39, 0.29) is 0 Å². The lowest BCUT2D eigenvalue weighted by molar-refractivity contribution is -0.0511. The predicted octanol–water partition coefficient (Wildman–Crippen LogP) is -0.513. The number of anilines is 1. The first kappa shape index (κ1) is 17.7. The van der Waals surface area contributed by atoms with Crippen LogP contribution in [0.15, 0.2) is 37.1 Å². The SMILES string of the molecule is OC[C@H]1O[C@@H](n2cnc3c(NCCc4ccccn4)ncnc32)[C@H](O)[C@@H]1O. The van der Waals surface area contributed by atoms with Crippen molar-refractivity contribution in [2.24, 2.45) is 0 Å². The lowest BCUT2D eigenvalue weighted by Gasteiger charge is -2.16. The molecule has 0 radical (unpaired) electrons. The largest absolute Gasteiger partial charge is 0.394 e. The Labute approximate surface area is 154 Å². The van der Waals surface area contributed by atoms with Crippen LogP contribution in [0.4, 0.5) is 5.82 Å². The van der Waals surface area contributed by atoms with Gasteiger partial charge in [0.25, 0.3) is 0 Å². The van der Waals surface area contributed by atoms with Gasteiger partial charge in [-0.15, -0.1) is 0 Å². The van der Waals surface area contributed by atoms with Crippen molar-refractivity contribution in [3.05, 3.63) is 42.7 Å². The summed E-state index contributed by atoms with van der Waals surface area (Å²) in [6.07, 6.45) is 1.21. The molecule has 142 valence electrons. The maximum Gasteiger partial charge on any atom is 0.167 e. The smallest absolute Gasteiger partial charge is 0.167 e. The number of imidazole rings is 1. The molecular formula is C17H20N6O4. The Morgan fingerprint density at radius 3 is 2.74 bits per heavy atom. The third-order valence-electron chi connectivity index (χ3n) is 4.55. The average Bonchev–Trinajstić information content (AvgIpc) is 3.25. The van der Waals surface area contributed by atoms with Gasteiger partial charge in [-0.2, -0.15) is 0 Å². The second kappa shape index (κ2) is 7.53. The first-order valence-corrected chi connectivity index (χ1v) is 8.63. The highest BCUT2D eigenvalue weighted by molar-refractivity contribution is 5.82. The number of nitrogens with zero attached hydrogens (tertiary/aromatic N) is 5. The number of hydrogen-bond donors (Lipinski definition) is 4. The van der Waals surface area contributed by atoms with Crippen molar-refractivity contribution in [1.82, 2.24) is 24.5 Å². The molecule has 3 aromatic rings. The lowest BCUT2D eigenvalue weighted by atomic mass is 10.1. The maximum absolute atomic E-state index is 10.2. The summed E-state index contributed by atoms with van der Waals surface area (Å²) in [6, 6.07) is 5.76. The standard InChI is InChI=1S/C17H20N6O4/c24-7-11-13(25)14(26)17(27-11)23-9-22-12-15(20-8-21-16(12)23)19-6-4-10-3-1-2-5-18-10/h1-3,5,8-9,11,13-14,17,24-26H,4,6-7H2,(H,19,20,21)/t11-,13-,14-,17-/m1/s1. The zero-order valence-electron chi connectivity index (χ0n) is 14.4. The molecule has 27 heavy (non-hydrogen) atoms. The number of fused-ring (bicyclic) bond motifs is 1. The Morgan fingerprint density at radius 1 is 1.11 bits per heavy atom. The first-order chi connectivity index (χ1) is 13.2. The summed E-state index contributed by atoms with van der Waals surface area (Å²) in [5.74, 6) is 0.557. The summed E-state index contributed by atoms with van der Waals surface area (Å²) in [4.78, 5) is 17.1. The predicted molar refractivity (Wildman–Crippen MR) is 94.8 cm³/mol. The van der Waals surface area contributed by atoms with Crippen LogP contribution >= 0.6 is 0 Å². The maximum atomic E-state index is 10.2. The average molecular weight is 372 g/mol. The molecular weight excluding hydrogens is 352 g/mol. The van der Waals surface area contributed by atoms with Crippen molar-refractivity contribution in [3.8, 4) is 0 Å². The van der Waals surface area contributed by atoms with E-state index in [0.29, 0.717) is 23.5 Å². The van der Waals surface area contributed by atoms with Crippen molar-refractivity contribution in [3.63, 3.8) is 0 Å². The summed E-state index contributed by atoms with van der Waals surface area (Å²) >= 11 is 0. The van der Waals surface area contributed by atoms with Gasteiger partial charge >= 0.3 is 0 Å². The van der Waals surface area contributed by atoms with E-state index >= 15 is 0 Å². The Hall–Kier alpha value is -2.66. The number of aliphatic hydroxyl groups is 3. The van der Waals surface area contributed by atoms with E-state index in [9.17, 15) is 15.3 Å². The lowest BCUT2D eigenvalue weighted by Crippen LogP contribution is -2.33. The molecule has 0 unspecified atom stereocenters. The van der Waals surface area contributed by atoms with E-state index in [4.69, 9.17) is 4.74 Å². The summed E-state index contributed by atoms with van der Waals surface area (Å²) in [5.41, 5.74) is 1.95. The van der Waals surface area contributed by atoms with Crippen LogP contribution in [0.1, 0.15) is 11.9 Å². The highest BCUT2D eigenvalue weighted by Gasteiger charge is 2.44. The van der Waals surface area contributed by atoms with Crippen LogP contribution in [0.3, 0.4) is 0 Å². The Kier molecular flexibility index (Phi) is 4.94. The van der Waals surface area contributed by atoms with Gasteiger partial charge in [-0.1, -0.05) is 6.07 Å². The molecule has 3 aromatic heterocycles. The molecule has 10 heteroatoms. The van der Waals surface area contributed by atoms with Gasteiger partial charge in [0.1, 0.15) is 24.6 Å². The number of aliphatic hydroxyl groups excluding tert-OH is 3. The van der Waals surface area contributed by atoms with Gasteiger partial charge in [0, 0.05) is 24.9 Å². The molecule has 0 saturated carbocycles. The van der Waals surface area contributed by atoms with Crippen molar-refractivity contribution >= 4 is 17.0 Å². The zero-order chi connectivity index (χ0) is 18.8. The van der Waals surface area contributed by atoms with Gasteiger partial charge in [-0.05, 0) is 12.1 Å². The Morgan fingerprint density at radius 2 is 2.00 bits per heavy atom. The number of nitrogens with one attached hydrogen (secondary N) is 1. The third-order valence-corrected chi connectivity index (χ3v) is 4.55. The number of ether oxygens (including phenoxy) is 1. The molecule has 4 N–H and O–H groups in total. The summed E-state index contributed by atoms with van der Waals surface area (Å²) in [5, 5.41) is 32.7. The second-order valence-electron chi connectivity index (χ2n) is 6.27. The zero-order valence-corrected chi connectivity index (χ0v) is 14.4. The van der Waals surface area contributed by atoms with E-state index < -0.39 is 31.1 Å². The molecule has 10 nitrogen and oxygen atoms in total. The molecule has 1 saturated heterocycles. The fraction of sp³-hybridized carbons (Fsp3) is 0.412. The van der Waals surface area contributed by atoms with E-state index in [1.165, 1.54) is 17.2 Å². The van der Waals surface area contributed by atoms with Crippen molar-refractivity contribution < 1.29 is 20.1 Å². The van der Waals surface area contributed by atoms with E-state index in [1.54, 1.807) is 6.20 Å². The van der Waals surface area contributed by atoms with Gasteiger partial charge in [-0.25, -0.2) is 15.0 Å². The third kappa shape index (κ3) is 3.35. The molecule has 1 fully saturated rings. The number of hydrogen-bond acceptors (Lipinski definition) is 9. The monoisotopic (exact) mass is 372 g/mol. The minimum absolute atomic E-state index is 0.392. The van der Waals surface area contributed by atoms with Crippen LogP contribution in [0, 0.1) is 0 Å². The van der Waals surface area contributed by atoms with Gasteiger partial charge in [0.05, 0.1) is 12.9 Å². The second-order valence-corrected chi connectivity index (χ2v) is 6.27. The minimum Gasteiger partial charge on any atom is -0.394 e. The Bertz CT molecular complexity index is 905. The van der Waals surface area contributed by atoms with E-state index in [1.807, 2.05) is 18.2 Å². The molecule has 0 bridgehead atoms. The Balaban J connectivity index is 1.53. The summed E-state index contributed by atoms with van der Waals surface area (Å²) in [7, 11) is 0. The minimum atomic E-state index is -1.20. The van der Waals surface area contributed by atoms with Crippen molar-refractivity contribution in [2.45, 2.75) is 31.0 Å². The molecule has 0 amide bonds. The van der Waals surface area contributed by atoms with Gasteiger partial charge in [0.15, 0.2) is 23.2 Å². The highest BCUT2D eigenvalue weighted by Crippen LogP contribution is 2.32. The van der Waals surface area contributed by atoms with Gasteiger partial charge in [0.2, 0.25) is 0 Å². The van der Waals surface area contributed by atoms with Crippen LogP contribution in [0.25, 0.3) is 11.2 Å². The first-order valence-electron chi connectivity index (χ1n) is 8.63. The fourth-order valence-corrected chi connectivity index (χ4v) is 3.13. The van der Waals surface area contributed by atoms with E-state index in [0.717, 1.165) is 12.1 Å². The molecule has 1 aliphatic heterocycles. The molecule has 4 heterocycles. The van der Waals surface area contributed by atoms with Crippen LogP contribution < -0.4 is 5.32 Å². The van der Waals surface area contributed by atoms with Crippen LogP contribution in [-0.2, 0) is 11.2 Å². The summed E-state index contributed by atoms with van der Waals surface area (Å²) in [6.45, 7) is 0.223. The van der Waals surface area contributed by atoms with Crippen LogP contribution in [0.2, 0.25) is 0 Å². The topological polar surface area (TPSA) is 138 Å². The van der Waals surface area contributed by atoms with Gasteiger partial charge in [-0.3, -0.25) is 9.55 Å². The molecule has 0 aliphatic carbocycles. The normalized spacial score (nSPS) is 25.1. The number of aromatic nitrogens is 5. The number of rotatable bonds is 6. The quantitative estimate of drug-likeness (QED) is 0.450. The fourth-order valence-electron chi connectivity index (χ4n) is 3.13. The molecule has 0 aromatic carbocycles. The van der Waals surface area contributed by atoms with Gasteiger partial charge < -0.3 is 25.4 Å². The van der Waals surface area contributed by atoms with Crippen molar-refractivity contribution in [1.29, 1.82) is 0 Å². The highest BCUT2D eigenvalue weighted by atomic mass is 16.6. The molecule has 1 aliphatic rings. The molecule has 0 spiro atoms.